The molecule has 0 saturated carbocycles. The van der Waals surface area contributed by atoms with Gasteiger partial charge in [-0.3, -0.25) is 4.79 Å². The van der Waals surface area contributed by atoms with Gasteiger partial charge in [-0.05, 0) is 31.5 Å². The largest absolute Gasteiger partial charge is 0.469 e. The number of esters is 1. The molecule has 21 heavy (non-hydrogen) atoms. The zero-order valence-electron chi connectivity index (χ0n) is 11.6. The molecule has 1 rings (SSSR count). The molecule has 0 bridgehead atoms. The smallest absolute Gasteiger partial charge is 0.416 e. The van der Waals surface area contributed by atoms with E-state index in [1.807, 2.05) is 0 Å². The van der Waals surface area contributed by atoms with Gasteiger partial charge in [-0.1, -0.05) is 6.07 Å². The number of halogens is 5. The fourth-order valence-corrected chi connectivity index (χ4v) is 1.82. The fourth-order valence-electron chi connectivity index (χ4n) is 1.82. The van der Waals surface area contributed by atoms with Crippen LogP contribution in [0.3, 0.4) is 0 Å². The summed E-state index contributed by atoms with van der Waals surface area (Å²) in [6, 6.07) is 0.889. The number of carbonyl (C=O) groups excluding carboxylic acids is 1. The molecule has 0 aromatic heterocycles. The van der Waals surface area contributed by atoms with Gasteiger partial charge in [0.15, 0.2) is 0 Å². The lowest BCUT2D eigenvalue weighted by molar-refractivity contribution is -0.153. The van der Waals surface area contributed by atoms with Crippen LogP contribution in [0.15, 0.2) is 18.2 Å². The van der Waals surface area contributed by atoms with Crippen molar-refractivity contribution < 1.29 is 27.1 Å². The number of alkyl halides is 3. The molecule has 2 N–H and O–H groups in total. The summed E-state index contributed by atoms with van der Waals surface area (Å²) >= 11 is 0. The summed E-state index contributed by atoms with van der Waals surface area (Å²) in [5.74, 6) is -1.77. The maximum atomic E-state index is 13.0. The van der Waals surface area contributed by atoms with Crippen LogP contribution >= 0.6 is 12.4 Å². The Labute approximate surface area is 125 Å². The zero-order chi connectivity index (χ0) is 15.7. The number of nitrogens with two attached hydrogens (primary N) is 1. The summed E-state index contributed by atoms with van der Waals surface area (Å²) in [7, 11) is 1.12. The SMILES string of the molecule is COC(=O)C(C)(C)[C@H](N)c1ccc(F)cc1C(F)(F)F.Cl. The monoisotopic (exact) mass is 329 g/mol. The summed E-state index contributed by atoms with van der Waals surface area (Å²) < 4.78 is 56.3. The van der Waals surface area contributed by atoms with E-state index in [4.69, 9.17) is 5.73 Å². The number of carbonyl (C=O) groups is 1. The van der Waals surface area contributed by atoms with Crippen molar-refractivity contribution in [3.8, 4) is 0 Å². The lowest BCUT2D eigenvalue weighted by atomic mass is 9.79. The van der Waals surface area contributed by atoms with Crippen molar-refractivity contribution in [1.82, 2.24) is 0 Å². The molecule has 3 nitrogen and oxygen atoms in total. The second-order valence-electron chi connectivity index (χ2n) is 4.92. The number of methoxy groups -OCH3 is 1. The Morgan fingerprint density at radius 2 is 1.81 bits per heavy atom. The van der Waals surface area contributed by atoms with Gasteiger partial charge in [0.2, 0.25) is 0 Å². The average Bonchev–Trinajstić information content (AvgIpc) is 2.35. The average molecular weight is 330 g/mol. The molecule has 0 saturated heterocycles. The Morgan fingerprint density at radius 1 is 1.29 bits per heavy atom. The van der Waals surface area contributed by atoms with E-state index in [1.165, 1.54) is 13.8 Å². The van der Waals surface area contributed by atoms with Crippen molar-refractivity contribution >= 4 is 18.4 Å². The van der Waals surface area contributed by atoms with E-state index < -0.39 is 35.0 Å². The van der Waals surface area contributed by atoms with Gasteiger partial charge in [0.25, 0.3) is 0 Å². The van der Waals surface area contributed by atoms with Crippen molar-refractivity contribution in [3.63, 3.8) is 0 Å². The van der Waals surface area contributed by atoms with Crippen LogP contribution < -0.4 is 5.73 Å². The molecule has 0 heterocycles. The van der Waals surface area contributed by atoms with Crippen molar-refractivity contribution in [2.24, 2.45) is 11.1 Å². The molecular formula is C13H16ClF4NO2. The third-order valence-electron chi connectivity index (χ3n) is 3.14. The van der Waals surface area contributed by atoms with Crippen molar-refractivity contribution in [3.05, 3.63) is 35.1 Å². The molecule has 0 spiro atoms. The van der Waals surface area contributed by atoms with E-state index in [0.29, 0.717) is 6.07 Å². The second kappa shape index (κ2) is 6.62. The Balaban J connectivity index is 0.00000400. The van der Waals surface area contributed by atoms with Gasteiger partial charge in [0.1, 0.15) is 5.82 Å². The zero-order valence-corrected chi connectivity index (χ0v) is 12.4. The predicted octanol–water partition coefficient (Wildman–Crippen LogP) is 3.47. The van der Waals surface area contributed by atoms with Gasteiger partial charge in [0, 0.05) is 6.04 Å². The highest BCUT2D eigenvalue weighted by molar-refractivity contribution is 5.85. The summed E-state index contributed by atoms with van der Waals surface area (Å²) in [5, 5.41) is 0. The highest BCUT2D eigenvalue weighted by atomic mass is 35.5. The third kappa shape index (κ3) is 4.07. The van der Waals surface area contributed by atoms with Crippen molar-refractivity contribution in [2.75, 3.05) is 7.11 Å². The van der Waals surface area contributed by atoms with Gasteiger partial charge in [-0.2, -0.15) is 13.2 Å². The van der Waals surface area contributed by atoms with Crippen LogP contribution in [0.1, 0.15) is 31.0 Å². The van der Waals surface area contributed by atoms with Gasteiger partial charge >= 0.3 is 12.1 Å². The highest BCUT2D eigenvalue weighted by Crippen LogP contribution is 2.40. The molecule has 0 aliphatic rings. The second-order valence-corrected chi connectivity index (χ2v) is 4.92. The normalized spacial score (nSPS) is 13.3. The number of ether oxygens (including phenoxy) is 1. The van der Waals surface area contributed by atoms with E-state index >= 15 is 0 Å². The van der Waals surface area contributed by atoms with Gasteiger partial charge < -0.3 is 10.5 Å². The first kappa shape index (κ1) is 19.7. The van der Waals surface area contributed by atoms with Gasteiger partial charge in [0.05, 0.1) is 18.1 Å². The third-order valence-corrected chi connectivity index (χ3v) is 3.14. The maximum Gasteiger partial charge on any atom is 0.416 e. The van der Waals surface area contributed by atoms with Crippen molar-refractivity contribution in [1.29, 1.82) is 0 Å². The minimum Gasteiger partial charge on any atom is -0.469 e. The quantitative estimate of drug-likeness (QED) is 0.682. The lowest BCUT2D eigenvalue weighted by Gasteiger charge is -2.30. The highest BCUT2D eigenvalue weighted by Gasteiger charge is 2.42. The first-order valence-corrected chi connectivity index (χ1v) is 5.72. The molecule has 0 aliphatic heterocycles. The molecule has 1 aromatic rings. The van der Waals surface area contributed by atoms with Crippen molar-refractivity contribution in [2.45, 2.75) is 26.1 Å². The molecule has 0 aliphatic carbocycles. The molecular weight excluding hydrogens is 314 g/mol. The fraction of sp³-hybridized carbons (Fsp3) is 0.462. The van der Waals surface area contributed by atoms with E-state index in [1.54, 1.807) is 0 Å². The molecule has 120 valence electrons. The minimum atomic E-state index is -4.76. The van der Waals surface area contributed by atoms with Crippen LogP contribution in [0.5, 0.6) is 0 Å². The van der Waals surface area contributed by atoms with E-state index in [9.17, 15) is 22.4 Å². The standard InChI is InChI=1S/C13H15F4NO2.ClH/c1-12(2,11(19)20-3)10(18)8-5-4-7(14)6-9(8)13(15,16)17;/h4-6,10H,18H2,1-3H3;1H/t10-;/m1./s1. The number of benzene rings is 1. The van der Waals surface area contributed by atoms with Crippen LogP contribution in [0.4, 0.5) is 17.6 Å². The molecule has 1 atom stereocenters. The predicted molar refractivity (Wildman–Crippen MR) is 71.4 cm³/mol. The minimum absolute atomic E-state index is 0. The first-order chi connectivity index (χ1) is 9.01. The Hall–Kier alpha value is -1.34. The van der Waals surface area contributed by atoms with E-state index in [-0.39, 0.29) is 18.0 Å². The molecule has 0 fully saturated rings. The molecule has 0 amide bonds. The summed E-state index contributed by atoms with van der Waals surface area (Å²) in [6.45, 7) is 2.74. The topological polar surface area (TPSA) is 52.3 Å². The summed E-state index contributed by atoms with van der Waals surface area (Å²) in [4.78, 5) is 11.6. The lowest BCUT2D eigenvalue weighted by Crippen LogP contribution is -2.38. The van der Waals surface area contributed by atoms with Crippen LogP contribution in [0, 0.1) is 11.2 Å². The summed E-state index contributed by atoms with van der Waals surface area (Å²) in [5.41, 5.74) is 2.85. The number of rotatable bonds is 3. The Morgan fingerprint density at radius 3 is 2.24 bits per heavy atom. The van der Waals surface area contributed by atoms with Crippen LogP contribution in [0.25, 0.3) is 0 Å². The van der Waals surface area contributed by atoms with E-state index in [0.717, 1.165) is 19.2 Å². The van der Waals surface area contributed by atoms with E-state index in [2.05, 4.69) is 4.74 Å². The van der Waals surface area contributed by atoms with Crippen LogP contribution in [0.2, 0.25) is 0 Å². The maximum absolute atomic E-state index is 13.0. The van der Waals surface area contributed by atoms with Gasteiger partial charge in [-0.25, -0.2) is 4.39 Å². The van der Waals surface area contributed by atoms with Crippen LogP contribution in [-0.2, 0) is 15.7 Å². The summed E-state index contributed by atoms with van der Waals surface area (Å²) in [6.07, 6.45) is -4.76. The van der Waals surface area contributed by atoms with Gasteiger partial charge in [-0.15, -0.1) is 12.4 Å². The van der Waals surface area contributed by atoms with Crippen LogP contribution in [-0.4, -0.2) is 13.1 Å². The number of hydrogen-bond donors (Lipinski definition) is 1. The molecule has 0 unspecified atom stereocenters. The number of hydrogen-bond acceptors (Lipinski definition) is 3. The first-order valence-electron chi connectivity index (χ1n) is 5.72. The molecule has 8 heteroatoms. The molecule has 1 aromatic carbocycles. The molecule has 0 radical (unpaired) electrons. The Kier molecular flexibility index (Phi) is 6.19. The Bertz CT molecular complexity index is 517.